The van der Waals surface area contributed by atoms with E-state index in [1.807, 2.05) is 45.2 Å². The number of aliphatic hydroxyl groups is 1. The number of hydrogen-bond donors (Lipinski definition) is 1. The van der Waals surface area contributed by atoms with Gasteiger partial charge in [-0.3, -0.25) is 4.79 Å². The van der Waals surface area contributed by atoms with E-state index in [2.05, 4.69) is 100 Å². The molecular formula is C43H56GeIrNO2S-. The summed E-state index contributed by atoms with van der Waals surface area (Å²) in [5, 5.41) is 14.9. The van der Waals surface area contributed by atoms with Crippen molar-refractivity contribution in [3.8, 4) is 11.3 Å². The van der Waals surface area contributed by atoms with Crippen LogP contribution in [0.5, 0.6) is 0 Å². The van der Waals surface area contributed by atoms with Crippen LogP contribution >= 0.6 is 11.3 Å². The average Bonchev–Trinajstić information content (AvgIpc) is 3.41. The molecule has 0 fully saturated rings. The van der Waals surface area contributed by atoms with Gasteiger partial charge in [-0.05, 0) is 32.6 Å². The van der Waals surface area contributed by atoms with Crippen LogP contribution in [0.25, 0.3) is 42.2 Å². The Labute approximate surface area is 315 Å². The molecule has 0 saturated carbocycles. The molecule has 0 aliphatic heterocycles. The third-order valence-electron chi connectivity index (χ3n) is 9.78. The van der Waals surface area contributed by atoms with Gasteiger partial charge in [-0.25, -0.2) is 0 Å². The molecule has 265 valence electrons. The van der Waals surface area contributed by atoms with Gasteiger partial charge in [0.25, 0.3) is 0 Å². The van der Waals surface area contributed by atoms with Crippen molar-refractivity contribution in [2.75, 3.05) is 0 Å². The van der Waals surface area contributed by atoms with Crippen molar-refractivity contribution >= 4 is 65.7 Å². The number of thiophene rings is 1. The number of benzene rings is 3. The Balaban J connectivity index is 0.000000347. The number of aliphatic hydroxyl groups excluding tert-OH is 1. The summed E-state index contributed by atoms with van der Waals surface area (Å²) in [4.78, 5) is 16.6. The third kappa shape index (κ3) is 9.14. The number of carbonyl (C=O) groups is 1. The molecule has 0 amide bonds. The molecule has 3 nitrogen and oxygen atoms in total. The Morgan fingerprint density at radius 1 is 0.878 bits per heavy atom. The molecule has 1 radical (unpaired) electrons. The second kappa shape index (κ2) is 16.8. The maximum atomic E-state index is 11.7. The fourth-order valence-corrected chi connectivity index (χ4v) is 12.2. The van der Waals surface area contributed by atoms with Crippen molar-refractivity contribution in [2.24, 2.45) is 11.8 Å². The van der Waals surface area contributed by atoms with Gasteiger partial charge in [0.1, 0.15) is 0 Å². The van der Waals surface area contributed by atoms with Crippen LogP contribution < -0.4 is 4.40 Å². The molecule has 5 aromatic rings. The number of ketones is 1. The van der Waals surface area contributed by atoms with Crippen LogP contribution in [0.4, 0.5) is 0 Å². The summed E-state index contributed by atoms with van der Waals surface area (Å²) < 4.78 is 4.30. The number of rotatable bonds is 9. The first kappa shape index (κ1) is 41.1. The number of pyridine rings is 1. The van der Waals surface area contributed by atoms with Gasteiger partial charge < -0.3 is 5.11 Å². The van der Waals surface area contributed by atoms with Crippen molar-refractivity contribution in [1.82, 2.24) is 4.98 Å². The Bertz CT molecular complexity index is 1950. The third-order valence-corrected chi connectivity index (χ3v) is 15.7. The molecular weight excluding hydrogens is 859 g/mol. The molecule has 49 heavy (non-hydrogen) atoms. The molecule has 2 aromatic heterocycles. The molecule has 1 N–H and O–H groups in total. The summed E-state index contributed by atoms with van der Waals surface area (Å²) in [6.07, 6.45) is 6.88. The zero-order valence-electron chi connectivity index (χ0n) is 31.7. The van der Waals surface area contributed by atoms with Gasteiger partial charge in [-0.15, -0.1) is 0 Å². The first-order valence-electron chi connectivity index (χ1n) is 17.8. The Morgan fingerprint density at radius 3 is 2.06 bits per heavy atom. The number of fused-ring (bicyclic) bond motifs is 4. The fourth-order valence-electron chi connectivity index (χ4n) is 6.83. The molecule has 0 atom stereocenters. The molecule has 0 aliphatic carbocycles. The Kier molecular flexibility index (Phi) is 14.1. The molecule has 6 heteroatoms. The molecule has 2 heterocycles. The first-order chi connectivity index (χ1) is 22.5. The zero-order chi connectivity index (χ0) is 35.6. The zero-order valence-corrected chi connectivity index (χ0v) is 37.0. The van der Waals surface area contributed by atoms with E-state index >= 15 is 0 Å². The number of nitrogens with zero attached hydrogens (tertiary/aromatic N) is 1. The first-order valence-corrected chi connectivity index (χ1v) is 25.9. The van der Waals surface area contributed by atoms with Crippen LogP contribution in [-0.4, -0.2) is 29.1 Å². The predicted octanol–water partition coefficient (Wildman–Crippen LogP) is 12.4. The number of aryl methyl sites for hydroxylation is 2. The van der Waals surface area contributed by atoms with Crippen LogP contribution in [0.3, 0.4) is 0 Å². The number of allylic oxidation sites excluding steroid dienone is 2. The van der Waals surface area contributed by atoms with Crippen molar-refractivity contribution in [3.05, 3.63) is 83.3 Å². The topological polar surface area (TPSA) is 50.2 Å². The van der Waals surface area contributed by atoms with Crippen LogP contribution in [0, 0.1) is 31.7 Å². The number of hydrogen-bond acceptors (Lipinski definition) is 4. The van der Waals surface area contributed by atoms with Crippen LogP contribution in [0.1, 0.15) is 90.8 Å². The number of aromatic nitrogens is 1. The van der Waals surface area contributed by atoms with Gasteiger partial charge >= 0.3 is 198 Å². The van der Waals surface area contributed by atoms with Crippen molar-refractivity contribution in [3.63, 3.8) is 0 Å². The van der Waals surface area contributed by atoms with Crippen molar-refractivity contribution in [2.45, 2.75) is 111 Å². The minimum atomic E-state index is -1.93. The van der Waals surface area contributed by atoms with E-state index in [0.29, 0.717) is 0 Å². The molecule has 0 bridgehead atoms. The van der Waals surface area contributed by atoms with Gasteiger partial charge in [0, 0.05) is 38.0 Å². The van der Waals surface area contributed by atoms with Crippen molar-refractivity contribution < 1.29 is 30.0 Å². The summed E-state index contributed by atoms with van der Waals surface area (Å²) in [5.41, 5.74) is 6.30. The summed E-state index contributed by atoms with van der Waals surface area (Å²) in [6, 6.07) is 19.7. The maximum absolute atomic E-state index is 11.7. The summed E-state index contributed by atoms with van der Waals surface area (Å²) in [5.74, 6) is 7.99. The fraction of sp³-hybridized carbons (Fsp3) is 0.442. The van der Waals surface area contributed by atoms with Crippen LogP contribution in [-0.2, 0) is 30.3 Å². The second-order valence-electron chi connectivity index (χ2n) is 15.4. The SMILES string of the molecule is CCC(CC)C(=O)/C=C(\O)C(CC)CC.Cc1ccc2[c-]c(-c3nccc4c3sc3c(C)[c]([Ge]([CH3])([CH3])[CH3])ccc34)cc(C(C)(C)C)c2c1.[Ir]. The van der Waals surface area contributed by atoms with E-state index in [-0.39, 0.29) is 48.9 Å². The molecule has 0 saturated heterocycles. The summed E-state index contributed by atoms with van der Waals surface area (Å²) in [6.45, 7) is 19.4. The van der Waals surface area contributed by atoms with E-state index in [0.717, 1.165) is 36.9 Å². The van der Waals surface area contributed by atoms with Gasteiger partial charge in [0.05, 0.1) is 5.76 Å². The standard InChI is InChI=1S/C30H32GeNS.C13H24O2.Ir/c1-18-9-10-20-16-21(17-25(24(20)15-18)30(3,4)5)27-29-23(13-14-32-27)22-11-12-26(31(6,7)8)19(2)28(22)33-29;1-5-10(6-2)12(14)9-13(15)11(7-3)8-4;/h9-15,17H,1-8H3;9-11,14H,5-8H2,1-4H3;/q-1;;/b;12-9-;. The van der Waals surface area contributed by atoms with E-state index < -0.39 is 13.3 Å². The van der Waals surface area contributed by atoms with Gasteiger partial charge in [0.15, 0.2) is 5.78 Å². The van der Waals surface area contributed by atoms with E-state index in [1.165, 1.54) is 53.7 Å². The van der Waals surface area contributed by atoms with Crippen LogP contribution in [0.2, 0.25) is 17.3 Å². The van der Waals surface area contributed by atoms with E-state index in [1.54, 1.807) is 4.40 Å². The predicted molar refractivity (Wildman–Crippen MR) is 214 cm³/mol. The number of carbonyl (C=O) groups excluding carboxylic acids is 1. The van der Waals surface area contributed by atoms with Gasteiger partial charge in [0.2, 0.25) is 0 Å². The summed E-state index contributed by atoms with van der Waals surface area (Å²) >= 11 is -0.0260. The largest absolute Gasteiger partial charge is 0 e. The molecule has 3 aromatic carbocycles. The van der Waals surface area contributed by atoms with Crippen LogP contribution in [0.15, 0.2) is 60.5 Å². The maximum Gasteiger partial charge on any atom is 0 e. The average molecular weight is 916 g/mol. The molecule has 5 rings (SSSR count). The van der Waals surface area contributed by atoms with E-state index in [9.17, 15) is 9.90 Å². The minimum Gasteiger partial charge on any atom is 0 e. The molecule has 0 spiro atoms. The quantitative estimate of drug-likeness (QED) is 0.0694. The van der Waals surface area contributed by atoms with E-state index in [4.69, 9.17) is 4.98 Å². The normalized spacial score (nSPS) is 12.5. The molecule has 0 aliphatic rings. The molecule has 0 unspecified atom stereocenters. The minimum absolute atomic E-state index is 0. The van der Waals surface area contributed by atoms with Crippen molar-refractivity contribution in [1.29, 1.82) is 0 Å². The Morgan fingerprint density at radius 2 is 1.49 bits per heavy atom. The van der Waals surface area contributed by atoms with Gasteiger partial charge in [-0.1, -0.05) is 27.7 Å². The Hall–Kier alpha value is -2.31. The van der Waals surface area contributed by atoms with Gasteiger partial charge in [-0.2, -0.15) is 0 Å². The monoisotopic (exact) mass is 917 g/mol. The smallest absolute Gasteiger partial charge is 0 e. The summed E-state index contributed by atoms with van der Waals surface area (Å²) in [7, 11) is 0. The second-order valence-corrected chi connectivity index (χ2v) is 27.0.